The molecule has 1 fully saturated rings. The van der Waals surface area contributed by atoms with Crippen LogP contribution in [0.2, 0.25) is 0 Å². The zero-order chi connectivity index (χ0) is 17.1. The Labute approximate surface area is 146 Å². The van der Waals surface area contributed by atoms with E-state index in [9.17, 15) is 14.4 Å². The van der Waals surface area contributed by atoms with Gasteiger partial charge in [0.25, 0.3) is 17.1 Å². The molecule has 2 heterocycles. The molecule has 0 atom stereocenters. The molecule has 1 aliphatic heterocycles. The highest BCUT2D eigenvalue weighted by atomic mass is 32.2. The van der Waals surface area contributed by atoms with E-state index in [-0.39, 0.29) is 16.7 Å². The number of rotatable bonds is 4. The fraction of sp³-hybridized carbons (Fsp3) is 0.125. The Hall–Kier alpha value is -2.45. The largest absolute Gasteiger partial charge is 0.298 e. The smallest absolute Gasteiger partial charge is 0.293 e. The Morgan fingerprint density at radius 3 is 2.71 bits per heavy atom. The Morgan fingerprint density at radius 2 is 2.04 bits per heavy atom. The summed E-state index contributed by atoms with van der Waals surface area (Å²) in [6, 6.07) is 7.59. The maximum atomic E-state index is 12.3. The molecule has 1 N–H and O–H groups in total. The maximum absolute atomic E-state index is 12.3. The van der Waals surface area contributed by atoms with Crippen molar-refractivity contribution in [1.82, 2.24) is 9.88 Å². The number of imide groups is 1. The summed E-state index contributed by atoms with van der Waals surface area (Å²) in [6.07, 6.45) is 2.71. The molecule has 1 aliphatic rings. The molecule has 1 aromatic carbocycles. The number of anilines is 1. The van der Waals surface area contributed by atoms with E-state index in [1.807, 2.05) is 31.2 Å². The average molecular weight is 359 g/mol. The van der Waals surface area contributed by atoms with Gasteiger partial charge in [0, 0.05) is 17.7 Å². The molecule has 6 nitrogen and oxygen atoms in total. The first-order chi connectivity index (χ1) is 11.5. The van der Waals surface area contributed by atoms with Crippen LogP contribution in [0.3, 0.4) is 0 Å². The lowest BCUT2D eigenvalue weighted by atomic mass is 10.1. The van der Waals surface area contributed by atoms with Gasteiger partial charge in [0.2, 0.25) is 0 Å². The standard InChI is InChI=1S/C16H13N3O3S2/c1-10-2-4-11(5-3-10)9-19-14(21)12(24-16(19)22)8-13(20)18-15-17-6-7-23-15/h2-8H,9H2,1H3,(H,17,18,20). The van der Waals surface area contributed by atoms with Gasteiger partial charge in [-0.05, 0) is 24.2 Å². The molecule has 122 valence electrons. The molecular weight excluding hydrogens is 346 g/mol. The number of nitrogens with one attached hydrogen (secondary N) is 1. The van der Waals surface area contributed by atoms with Gasteiger partial charge in [-0.25, -0.2) is 4.98 Å². The van der Waals surface area contributed by atoms with E-state index in [4.69, 9.17) is 0 Å². The van der Waals surface area contributed by atoms with E-state index in [0.29, 0.717) is 5.13 Å². The molecule has 24 heavy (non-hydrogen) atoms. The Balaban J connectivity index is 1.70. The van der Waals surface area contributed by atoms with Crippen molar-refractivity contribution in [1.29, 1.82) is 0 Å². The molecule has 3 rings (SSSR count). The van der Waals surface area contributed by atoms with Crippen molar-refractivity contribution in [2.45, 2.75) is 13.5 Å². The van der Waals surface area contributed by atoms with Crippen molar-refractivity contribution >= 4 is 45.3 Å². The lowest BCUT2D eigenvalue weighted by Crippen LogP contribution is -2.27. The number of hydrogen-bond acceptors (Lipinski definition) is 6. The summed E-state index contributed by atoms with van der Waals surface area (Å²) >= 11 is 2.04. The molecule has 2 aromatic rings. The van der Waals surface area contributed by atoms with Crippen molar-refractivity contribution in [3.63, 3.8) is 0 Å². The molecule has 3 amide bonds. The fourth-order valence-electron chi connectivity index (χ4n) is 2.06. The van der Waals surface area contributed by atoms with Crippen molar-refractivity contribution < 1.29 is 14.4 Å². The van der Waals surface area contributed by atoms with E-state index in [1.165, 1.54) is 11.3 Å². The monoisotopic (exact) mass is 359 g/mol. The Kier molecular flexibility index (Phi) is 4.77. The molecule has 0 unspecified atom stereocenters. The third-order valence-electron chi connectivity index (χ3n) is 3.26. The minimum absolute atomic E-state index is 0.112. The quantitative estimate of drug-likeness (QED) is 0.848. The van der Waals surface area contributed by atoms with Gasteiger partial charge in [-0.3, -0.25) is 24.6 Å². The molecule has 0 bridgehead atoms. The first kappa shape index (κ1) is 16.4. The summed E-state index contributed by atoms with van der Waals surface area (Å²) in [4.78, 5) is 41.5. The van der Waals surface area contributed by atoms with Gasteiger partial charge in [0.05, 0.1) is 11.4 Å². The van der Waals surface area contributed by atoms with Gasteiger partial charge in [0.15, 0.2) is 5.13 Å². The number of nitrogens with zero attached hydrogens (tertiary/aromatic N) is 2. The average Bonchev–Trinajstić information content (AvgIpc) is 3.13. The first-order valence-corrected chi connectivity index (χ1v) is 8.74. The number of thioether (sulfide) groups is 1. The molecule has 1 aromatic heterocycles. The second kappa shape index (κ2) is 6.98. The molecule has 0 spiro atoms. The number of aromatic nitrogens is 1. The lowest BCUT2D eigenvalue weighted by molar-refractivity contribution is -0.123. The zero-order valence-electron chi connectivity index (χ0n) is 12.7. The number of amides is 3. The summed E-state index contributed by atoms with van der Waals surface area (Å²) < 4.78 is 0. The predicted molar refractivity (Wildman–Crippen MR) is 93.5 cm³/mol. The molecule has 0 aliphatic carbocycles. The number of benzene rings is 1. The molecule has 0 saturated carbocycles. The normalized spacial score (nSPS) is 16.0. The van der Waals surface area contributed by atoms with Gasteiger partial charge >= 0.3 is 0 Å². The highest BCUT2D eigenvalue weighted by Gasteiger charge is 2.35. The van der Waals surface area contributed by atoms with Crippen molar-refractivity contribution in [3.8, 4) is 0 Å². The third-order valence-corrected chi connectivity index (χ3v) is 4.86. The van der Waals surface area contributed by atoms with Crippen LogP contribution >= 0.6 is 23.1 Å². The van der Waals surface area contributed by atoms with Crippen LogP contribution < -0.4 is 5.32 Å². The van der Waals surface area contributed by atoms with Gasteiger partial charge in [-0.2, -0.15) is 0 Å². The second-order valence-corrected chi connectivity index (χ2v) is 6.97. The highest BCUT2D eigenvalue weighted by molar-refractivity contribution is 8.18. The van der Waals surface area contributed by atoms with Gasteiger partial charge in [-0.15, -0.1) is 11.3 Å². The fourth-order valence-corrected chi connectivity index (χ4v) is 3.40. The maximum Gasteiger partial charge on any atom is 0.293 e. The second-order valence-electron chi connectivity index (χ2n) is 5.08. The van der Waals surface area contributed by atoms with Crippen LogP contribution in [-0.4, -0.2) is 26.9 Å². The minimum atomic E-state index is -0.481. The van der Waals surface area contributed by atoms with Gasteiger partial charge in [0.1, 0.15) is 0 Å². The molecule has 8 heteroatoms. The lowest BCUT2D eigenvalue weighted by Gasteiger charge is -2.12. The summed E-state index contributed by atoms with van der Waals surface area (Å²) in [5.74, 6) is -0.939. The van der Waals surface area contributed by atoms with Crippen LogP contribution in [0.25, 0.3) is 0 Å². The number of aryl methyl sites for hydroxylation is 1. The summed E-state index contributed by atoms with van der Waals surface area (Å²) in [6.45, 7) is 2.16. The van der Waals surface area contributed by atoms with E-state index in [0.717, 1.165) is 33.9 Å². The number of carbonyl (C=O) groups excluding carboxylic acids is 3. The van der Waals surface area contributed by atoms with Gasteiger partial charge < -0.3 is 0 Å². The Bertz CT molecular complexity index is 814. The van der Waals surface area contributed by atoms with Crippen LogP contribution in [0.1, 0.15) is 11.1 Å². The SMILES string of the molecule is Cc1ccc(CN2C(=O)SC(=CC(=O)Nc3nccs3)C2=O)cc1. The molecule has 0 radical (unpaired) electrons. The predicted octanol–water partition coefficient (Wildman–Crippen LogP) is 3.17. The molecular formula is C16H13N3O3S2. The summed E-state index contributed by atoms with van der Waals surface area (Å²) in [5.41, 5.74) is 1.96. The molecule has 1 saturated heterocycles. The van der Waals surface area contributed by atoms with Crippen molar-refractivity contribution in [2.75, 3.05) is 5.32 Å². The third kappa shape index (κ3) is 3.72. The Morgan fingerprint density at radius 1 is 1.29 bits per heavy atom. The van der Waals surface area contributed by atoms with E-state index in [1.54, 1.807) is 11.6 Å². The number of hydrogen-bond donors (Lipinski definition) is 1. The first-order valence-electron chi connectivity index (χ1n) is 7.04. The summed E-state index contributed by atoms with van der Waals surface area (Å²) in [7, 11) is 0. The van der Waals surface area contributed by atoms with E-state index < -0.39 is 11.8 Å². The van der Waals surface area contributed by atoms with Gasteiger partial charge in [-0.1, -0.05) is 29.8 Å². The van der Waals surface area contributed by atoms with Crippen LogP contribution in [0.4, 0.5) is 9.93 Å². The summed E-state index contributed by atoms with van der Waals surface area (Å²) in [5, 5.41) is 4.34. The van der Waals surface area contributed by atoms with Crippen molar-refractivity contribution in [3.05, 3.63) is 58.0 Å². The van der Waals surface area contributed by atoms with Crippen molar-refractivity contribution in [2.24, 2.45) is 0 Å². The van der Waals surface area contributed by atoms with Crippen LogP contribution in [0.15, 0.2) is 46.8 Å². The highest BCUT2D eigenvalue weighted by Crippen LogP contribution is 2.31. The van der Waals surface area contributed by atoms with Crippen LogP contribution in [0, 0.1) is 6.92 Å². The van der Waals surface area contributed by atoms with E-state index >= 15 is 0 Å². The van der Waals surface area contributed by atoms with E-state index in [2.05, 4.69) is 10.3 Å². The topological polar surface area (TPSA) is 79.4 Å². The van der Waals surface area contributed by atoms with Crippen LogP contribution in [0.5, 0.6) is 0 Å². The zero-order valence-corrected chi connectivity index (χ0v) is 14.3. The number of thiazole rings is 1. The van der Waals surface area contributed by atoms with Crippen LogP contribution in [-0.2, 0) is 16.1 Å². The number of carbonyl (C=O) groups is 3. The minimum Gasteiger partial charge on any atom is -0.298 e.